The molecule has 0 radical (unpaired) electrons. The van der Waals surface area contributed by atoms with Crippen molar-refractivity contribution in [2.24, 2.45) is 27.8 Å². The molecule has 1 unspecified atom stereocenters. The van der Waals surface area contributed by atoms with Crippen molar-refractivity contribution in [1.82, 2.24) is 14.6 Å². The maximum Gasteiger partial charge on any atom is 0.490 e. The van der Waals surface area contributed by atoms with Crippen LogP contribution in [0.25, 0.3) is 0 Å². The molecule has 1 heterocycles. The summed E-state index contributed by atoms with van der Waals surface area (Å²) in [5, 5.41) is 26.3. The number of carboxylic acids is 2. The van der Waals surface area contributed by atoms with Gasteiger partial charge in [-0.15, -0.1) is 0 Å². The molecule has 3 fully saturated rings. The Hall–Kier alpha value is -2.98. The van der Waals surface area contributed by atoms with Crippen LogP contribution < -0.4 is 16.2 Å². The van der Waals surface area contributed by atoms with Crippen LogP contribution in [0.4, 0.5) is 19.0 Å². The van der Waals surface area contributed by atoms with E-state index in [9.17, 15) is 36.3 Å². The van der Waals surface area contributed by atoms with E-state index in [-0.39, 0.29) is 42.1 Å². The molecule has 1 amide bonds. The van der Waals surface area contributed by atoms with Gasteiger partial charge in [-0.2, -0.15) is 25.9 Å². The number of fused-ring (bicyclic) bond motifs is 2. The summed E-state index contributed by atoms with van der Waals surface area (Å²) in [6.45, 7) is 6.71. The lowest BCUT2D eigenvalue weighted by Gasteiger charge is -2.41. The van der Waals surface area contributed by atoms with E-state index in [1.165, 1.54) is 0 Å². The van der Waals surface area contributed by atoms with Crippen LogP contribution in [0.1, 0.15) is 90.5 Å². The summed E-state index contributed by atoms with van der Waals surface area (Å²) in [5.74, 6) is -3.58. The molecule has 1 aromatic rings. The minimum Gasteiger partial charge on any atom is -0.480 e. The van der Waals surface area contributed by atoms with Gasteiger partial charge in [0.15, 0.2) is 0 Å². The first-order valence-electron chi connectivity index (χ1n) is 15.5. The topological polar surface area (TPSA) is 206 Å². The van der Waals surface area contributed by atoms with Crippen LogP contribution >= 0.6 is 0 Å². The minimum atomic E-state index is -5.08. The highest BCUT2D eigenvalue weighted by Gasteiger charge is 2.62. The van der Waals surface area contributed by atoms with Crippen LogP contribution in [0.5, 0.6) is 0 Å². The second-order valence-electron chi connectivity index (χ2n) is 13.6. The van der Waals surface area contributed by atoms with E-state index in [0.717, 1.165) is 61.2 Å². The molecule has 3 aliphatic rings. The second-order valence-corrected chi connectivity index (χ2v) is 15.0. The SMILES string of the molecule is CC1(C)[C@@H]2CC[C@@]1(C)[C@@H](NC(=O)[C@H](CC1CCCCC1)N(C(CCc1ccc(N)nc1)C(=O)O)S(N)(=O)=O)C2.O=C(O)C(F)(F)F. The van der Waals surface area contributed by atoms with Gasteiger partial charge in [0.25, 0.3) is 10.2 Å². The Morgan fingerprint density at radius 1 is 1.09 bits per heavy atom. The largest absolute Gasteiger partial charge is 0.490 e. The molecule has 46 heavy (non-hydrogen) atoms. The first-order valence-corrected chi connectivity index (χ1v) is 17.0. The standard InChI is InChI=1S/C28H45N5O5S.C2HF3O2/c1-27(2)20-13-14-28(27,3)23(16-20)32-25(34)22(15-18-7-5-4-6-8-18)33(39(30,37)38)21(26(35)36)11-9-19-10-12-24(29)31-17-19;3-2(4,5)1(6)7/h10,12,17-18,20-23H,4-9,11,13-16H2,1-3H3,(H2,29,31)(H,32,34)(H,35,36)(H2,30,37,38);(H,6,7)/t20-,21?,22+,23+,28+;/m1./s1. The van der Waals surface area contributed by atoms with Gasteiger partial charge in [0.2, 0.25) is 5.91 Å². The third kappa shape index (κ3) is 8.68. The maximum absolute atomic E-state index is 14.0. The third-order valence-corrected chi connectivity index (χ3v) is 11.8. The number of anilines is 1. The molecule has 260 valence electrons. The van der Waals surface area contributed by atoms with Crippen molar-refractivity contribution in [2.75, 3.05) is 5.73 Å². The highest BCUT2D eigenvalue weighted by Crippen LogP contribution is 2.65. The Labute approximate surface area is 267 Å². The molecule has 3 saturated carbocycles. The Morgan fingerprint density at radius 2 is 1.70 bits per heavy atom. The first-order chi connectivity index (χ1) is 21.2. The number of hydrogen-bond donors (Lipinski definition) is 5. The van der Waals surface area contributed by atoms with Crippen LogP contribution in [-0.2, 0) is 31.0 Å². The Kier molecular flexibility index (Phi) is 11.7. The predicted molar refractivity (Wildman–Crippen MR) is 163 cm³/mol. The molecular weight excluding hydrogens is 631 g/mol. The fraction of sp³-hybridized carbons (Fsp3) is 0.733. The summed E-state index contributed by atoms with van der Waals surface area (Å²) in [6, 6.07) is 0.550. The summed E-state index contributed by atoms with van der Waals surface area (Å²) >= 11 is 0. The van der Waals surface area contributed by atoms with Gasteiger partial charge in [-0.25, -0.2) is 14.9 Å². The third-order valence-electron chi connectivity index (χ3n) is 10.7. The van der Waals surface area contributed by atoms with Gasteiger partial charge in [0, 0.05) is 12.2 Å². The highest BCUT2D eigenvalue weighted by molar-refractivity contribution is 7.86. The number of aryl methyl sites for hydroxylation is 1. The lowest BCUT2D eigenvalue weighted by molar-refractivity contribution is -0.192. The number of halogens is 3. The molecule has 0 spiro atoms. The molecule has 16 heteroatoms. The number of aromatic nitrogens is 1. The molecule has 3 aliphatic carbocycles. The molecular formula is C30H46F3N5O7S. The zero-order chi connectivity index (χ0) is 34.7. The molecule has 2 bridgehead atoms. The van der Waals surface area contributed by atoms with Crippen molar-refractivity contribution in [2.45, 2.75) is 116 Å². The number of carboxylic acid groups (broad SMARTS) is 2. The normalized spacial score (nSPS) is 25.7. The van der Waals surface area contributed by atoms with Crippen molar-refractivity contribution in [1.29, 1.82) is 0 Å². The Bertz CT molecular complexity index is 1350. The number of nitrogens with one attached hydrogen (secondary N) is 1. The fourth-order valence-electron chi connectivity index (χ4n) is 7.57. The van der Waals surface area contributed by atoms with Crippen molar-refractivity contribution in [3.63, 3.8) is 0 Å². The number of amides is 1. The Balaban J connectivity index is 0.000000738. The number of nitrogen functional groups attached to an aromatic ring is 1. The van der Waals surface area contributed by atoms with Gasteiger partial charge in [-0.1, -0.05) is 58.9 Å². The lowest BCUT2D eigenvalue weighted by Crippen LogP contribution is -2.60. The first kappa shape index (κ1) is 37.5. The number of hydrogen-bond acceptors (Lipinski definition) is 7. The van der Waals surface area contributed by atoms with Crippen molar-refractivity contribution in [3.8, 4) is 0 Å². The number of carbonyl (C=O) groups excluding carboxylic acids is 1. The van der Waals surface area contributed by atoms with E-state index in [0.29, 0.717) is 11.7 Å². The summed E-state index contributed by atoms with van der Waals surface area (Å²) in [4.78, 5) is 39.5. The summed E-state index contributed by atoms with van der Waals surface area (Å²) in [7, 11) is -4.54. The van der Waals surface area contributed by atoms with Gasteiger partial charge in [0.1, 0.15) is 17.9 Å². The number of nitrogens with two attached hydrogens (primary N) is 2. The lowest BCUT2D eigenvalue weighted by atomic mass is 9.69. The van der Waals surface area contributed by atoms with Crippen LogP contribution in [0.2, 0.25) is 0 Å². The van der Waals surface area contributed by atoms with E-state index in [1.54, 1.807) is 18.3 Å². The van der Waals surface area contributed by atoms with Gasteiger partial charge in [0.05, 0.1) is 0 Å². The van der Waals surface area contributed by atoms with Crippen LogP contribution in [0, 0.1) is 22.7 Å². The van der Waals surface area contributed by atoms with Gasteiger partial charge in [-0.05, 0) is 72.8 Å². The quantitative estimate of drug-likeness (QED) is 0.230. The van der Waals surface area contributed by atoms with Crippen molar-refractivity contribution >= 4 is 33.9 Å². The van der Waals surface area contributed by atoms with E-state index in [2.05, 4.69) is 31.1 Å². The molecule has 1 aromatic heterocycles. The molecule has 12 nitrogen and oxygen atoms in total. The predicted octanol–water partition coefficient (Wildman–Crippen LogP) is 3.86. The van der Waals surface area contributed by atoms with Crippen molar-refractivity contribution in [3.05, 3.63) is 23.9 Å². The molecule has 0 saturated heterocycles. The molecule has 5 atom stereocenters. The smallest absolute Gasteiger partial charge is 0.480 e. The monoisotopic (exact) mass is 677 g/mol. The number of pyridine rings is 1. The molecule has 7 N–H and O–H groups in total. The number of alkyl halides is 3. The second kappa shape index (κ2) is 14.4. The number of carbonyl (C=O) groups is 3. The van der Waals surface area contributed by atoms with Crippen molar-refractivity contribution < 1.29 is 46.2 Å². The Morgan fingerprint density at radius 3 is 2.13 bits per heavy atom. The number of rotatable bonds is 11. The van der Waals surface area contributed by atoms with Crippen LogP contribution in [-0.4, -0.2) is 70.1 Å². The number of nitrogens with zero attached hydrogens (tertiary/aromatic N) is 2. The van der Waals surface area contributed by atoms with Gasteiger partial charge < -0.3 is 21.3 Å². The zero-order valence-corrected chi connectivity index (χ0v) is 27.2. The minimum absolute atomic E-state index is 0.0535. The fourth-order valence-corrected chi connectivity index (χ4v) is 8.66. The summed E-state index contributed by atoms with van der Waals surface area (Å²) in [6.07, 6.45) is 4.75. The average Bonchev–Trinajstić information content (AvgIpc) is 3.28. The van der Waals surface area contributed by atoms with E-state index >= 15 is 0 Å². The van der Waals surface area contributed by atoms with Crippen LogP contribution in [0.3, 0.4) is 0 Å². The maximum atomic E-state index is 14.0. The highest BCUT2D eigenvalue weighted by atomic mass is 32.2. The molecule has 0 aromatic carbocycles. The van der Waals surface area contributed by atoms with E-state index in [4.69, 9.17) is 20.8 Å². The average molecular weight is 678 g/mol. The molecule has 4 rings (SSSR count). The van der Waals surface area contributed by atoms with E-state index in [1.807, 2.05) is 0 Å². The van der Waals surface area contributed by atoms with Gasteiger partial charge in [-0.3, -0.25) is 9.59 Å². The number of aliphatic carboxylic acids is 2. The van der Waals surface area contributed by atoms with Gasteiger partial charge >= 0.3 is 18.1 Å². The zero-order valence-electron chi connectivity index (χ0n) is 26.4. The summed E-state index contributed by atoms with van der Waals surface area (Å²) in [5.41, 5.74) is 6.33. The molecule has 0 aliphatic heterocycles. The van der Waals surface area contributed by atoms with E-state index < -0.39 is 46.3 Å². The van der Waals surface area contributed by atoms with Crippen LogP contribution in [0.15, 0.2) is 18.3 Å². The summed E-state index contributed by atoms with van der Waals surface area (Å²) < 4.78 is 58.7.